The molecule has 1 N–H and O–H groups in total. The summed E-state index contributed by atoms with van der Waals surface area (Å²) in [5, 5.41) is 26.0. The van der Waals surface area contributed by atoms with Crippen LogP contribution in [0, 0.1) is 11.3 Å². The Balaban J connectivity index is 2.09. The number of nitriles is 1. The van der Waals surface area contributed by atoms with E-state index < -0.39 is 12.2 Å². The molecule has 1 atom stereocenters. The summed E-state index contributed by atoms with van der Waals surface area (Å²) in [7, 11) is 0. The lowest BCUT2D eigenvalue weighted by atomic mass is 10.1. The highest BCUT2D eigenvalue weighted by Crippen LogP contribution is 2.19. The zero-order valence-electron chi connectivity index (χ0n) is 13.5. The topological polar surface area (TPSA) is 95.0 Å². The van der Waals surface area contributed by atoms with E-state index in [1.807, 2.05) is 24.3 Å². The second-order valence-corrected chi connectivity index (χ2v) is 5.21. The largest absolute Gasteiger partial charge is 0.478 e. The molecular weight excluding hydrogens is 318 g/mol. The standard InChI is InChI=1S/C19H17N3O3/c1-14(19(23)24)7-12-18(25-17-5-3-2-4-6-17)22-21-16-10-8-15(13-20)9-11-16/h2-6,8-11,18H,1,7,12H2,(H,23,24). The van der Waals surface area contributed by atoms with Gasteiger partial charge in [-0.2, -0.15) is 10.4 Å². The van der Waals surface area contributed by atoms with Gasteiger partial charge in [0, 0.05) is 12.0 Å². The Morgan fingerprint density at radius 3 is 2.48 bits per heavy atom. The Kier molecular flexibility index (Phi) is 6.43. The number of para-hydroxylation sites is 1. The summed E-state index contributed by atoms with van der Waals surface area (Å²) in [6.07, 6.45) is -0.0758. The quantitative estimate of drug-likeness (QED) is 0.569. The molecule has 0 aliphatic carbocycles. The van der Waals surface area contributed by atoms with Gasteiger partial charge in [-0.25, -0.2) is 4.79 Å². The number of ether oxygens (including phenoxy) is 1. The summed E-state index contributed by atoms with van der Waals surface area (Å²) < 4.78 is 5.76. The molecule has 6 nitrogen and oxygen atoms in total. The number of carboxylic acids is 1. The van der Waals surface area contributed by atoms with Gasteiger partial charge < -0.3 is 9.84 Å². The smallest absolute Gasteiger partial charge is 0.330 e. The van der Waals surface area contributed by atoms with Crippen LogP contribution in [0.5, 0.6) is 5.75 Å². The van der Waals surface area contributed by atoms with Gasteiger partial charge in [-0.1, -0.05) is 24.8 Å². The monoisotopic (exact) mass is 335 g/mol. The predicted molar refractivity (Wildman–Crippen MR) is 92.5 cm³/mol. The summed E-state index contributed by atoms with van der Waals surface area (Å²) in [5.74, 6) is -0.422. The number of azo groups is 1. The van der Waals surface area contributed by atoms with Crippen LogP contribution in [0.15, 0.2) is 77.0 Å². The minimum Gasteiger partial charge on any atom is -0.478 e. The average Bonchev–Trinajstić information content (AvgIpc) is 2.64. The first-order valence-electron chi connectivity index (χ1n) is 7.62. The summed E-state index contributed by atoms with van der Waals surface area (Å²) in [6.45, 7) is 3.51. The molecule has 126 valence electrons. The molecule has 0 fully saturated rings. The third-order valence-corrected chi connectivity index (χ3v) is 3.31. The maximum atomic E-state index is 10.9. The van der Waals surface area contributed by atoms with E-state index >= 15 is 0 Å². The van der Waals surface area contributed by atoms with Crippen LogP contribution in [0.4, 0.5) is 5.69 Å². The number of hydrogen-bond acceptors (Lipinski definition) is 5. The van der Waals surface area contributed by atoms with Gasteiger partial charge in [-0.3, -0.25) is 0 Å². The fourth-order valence-electron chi connectivity index (χ4n) is 1.93. The maximum absolute atomic E-state index is 10.9. The van der Waals surface area contributed by atoms with Gasteiger partial charge in [0.1, 0.15) is 5.75 Å². The molecule has 0 saturated carbocycles. The Morgan fingerprint density at radius 1 is 1.20 bits per heavy atom. The highest BCUT2D eigenvalue weighted by Gasteiger charge is 2.13. The maximum Gasteiger partial charge on any atom is 0.330 e. The fraction of sp³-hybridized carbons (Fsp3) is 0.158. The molecular formula is C19H17N3O3. The van der Waals surface area contributed by atoms with E-state index in [0.717, 1.165) is 0 Å². The predicted octanol–water partition coefficient (Wildman–Crippen LogP) is 4.47. The van der Waals surface area contributed by atoms with Crippen LogP contribution in [0.1, 0.15) is 18.4 Å². The van der Waals surface area contributed by atoms with E-state index in [1.165, 1.54) is 0 Å². The van der Waals surface area contributed by atoms with Crippen molar-refractivity contribution in [1.82, 2.24) is 0 Å². The molecule has 0 aliphatic rings. The molecule has 0 aliphatic heterocycles. The minimum absolute atomic E-state index is 0.0928. The molecule has 6 heteroatoms. The van der Waals surface area contributed by atoms with Crippen molar-refractivity contribution in [2.45, 2.75) is 19.1 Å². The minimum atomic E-state index is -1.04. The normalized spacial score (nSPS) is 11.6. The van der Waals surface area contributed by atoms with E-state index in [0.29, 0.717) is 23.4 Å². The van der Waals surface area contributed by atoms with E-state index in [1.54, 1.807) is 36.4 Å². The van der Waals surface area contributed by atoms with Crippen LogP contribution < -0.4 is 4.74 Å². The van der Waals surface area contributed by atoms with Crippen LogP contribution in [0.3, 0.4) is 0 Å². The molecule has 0 amide bonds. The molecule has 0 radical (unpaired) electrons. The summed E-state index contributed by atoms with van der Waals surface area (Å²) in [5.41, 5.74) is 1.21. The molecule has 1 unspecified atom stereocenters. The van der Waals surface area contributed by atoms with E-state index in [9.17, 15) is 4.79 Å². The van der Waals surface area contributed by atoms with Crippen molar-refractivity contribution in [3.05, 3.63) is 72.3 Å². The Labute approximate surface area is 145 Å². The van der Waals surface area contributed by atoms with E-state index in [2.05, 4.69) is 16.8 Å². The highest BCUT2D eigenvalue weighted by atomic mass is 16.5. The van der Waals surface area contributed by atoms with Gasteiger partial charge in [0.05, 0.1) is 17.3 Å². The summed E-state index contributed by atoms with van der Waals surface area (Å²) in [6, 6.07) is 17.8. The fourth-order valence-corrected chi connectivity index (χ4v) is 1.93. The molecule has 25 heavy (non-hydrogen) atoms. The zero-order valence-corrected chi connectivity index (χ0v) is 13.5. The molecule has 2 aromatic carbocycles. The first kappa shape index (κ1) is 17.9. The Hall–Kier alpha value is -3.46. The van der Waals surface area contributed by atoms with Gasteiger partial charge >= 0.3 is 5.97 Å². The first-order chi connectivity index (χ1) is 12.1. The van der Waals surface area contributed by atoms with Gasteiger partial charge in [-0.15, -0.1) is 5.11 Å². The van der Waals surface area contributed by atoms with Crippen molar-refractivity contribution in [3.63, 3.8) is 0 Å². The summed E-state index contributed by atoms with van der Waals surface area (Å²) in [4.78, 5) is 10.9. The SMILES string of the molecule is C=C(CCC(N=Nc1ccc(C#N)cc1)Oc1ccccc1)C(=O)O. The van der Waals surface area contributed by atoms with Gasteiger partial charge in [0.25, 0.3) is 0 Å². The van der Waals surface area contributed by atoms with E-state index in [-0.39, 0.29) is 12.0 Å². The Bertz CT molecular complexity index is 793. The Morgan fingerprint density at radius 2 is 1.88 bits per heavy atom. The number of benzene rings is 2. The van der Waals surface area contributed by atoms with Gasteiger partial charge in [0.2, 0.25) is 6.23 Å². The van der Waals surface area contributed by atoms with E-state index in [4.69, 9.17) is 15.1 Å². The van der Waals surface area contributed by atoms with Crippen molar-refractivity contribution in [1.29, 1.82) is 5.26 Å². The molecule has 2 aromatic rings. The lowest BCUT2D eigenvalue weighted by Crippen LogP contribution is -2.14. The molecule has 2 rings (SSSR count). The van der Waals surface area contributed by atoms with Crippen LogP contribution in [-0.4, -0.2) is 17.3 Å². The van der Waals surface area contributed by atoms with Crippen molar-refractivity contribution in [2.75, 3.05) is 0 Å². The number of carbonyl (C=O) groups is 1. The molecule has 0 aromatic heterocycles. The second kappa shape index (κ2) is 8.99. The summed E-state index contributed by atoms with van der Waals surface area (Å²) >= 11 is 0. The lowest BCUT2D eigenvalue weighted by Gasteiger charge is -2.14. The average molecular weight is 335 g/mol. The first-order valence-corrected chi connectivity index (χ1v) is 7.62. The van der Waals surface area contributed by atoms with Crippen molar-refractivity contribution in [3.8, 4) is 11.8 Å². The second-order valence-electron chi connectivity index (χ2n) is 5.21. The van der Waals surface area contributed by atoms with Crippen molar-refractivity contribution in [2.24, 2.45) is 10.2 Å². The lowest BCUT2D eigenvalue weighted by molar-refractivity contribution is -0.132. The van der Waals surface area contributed by atoms with Crippen molar-refractivity contribution < 1.29 is 14.6 Å². The van der Waals surface area contributed by atoms with Crippen LogP contribution >= 0.6 is 0 Å². The third kappa shape index (κ3) is 5.92. The molecule has 0 spiro atoms. The van der Waals surface area contributed by atoms with Crippen LogP contribution in [0.2, 0.25) is 0 Å². The number of aliphatic carboxylic acids is 1. The van der Waals surface area contributed by atoms with Crippen LogP contribution in [0.25, 0.3) is 0 Å². The van der Waals surface area contributed by atoms with Gasteiger partial charge in [0.15, 0.2) is 0 Å². The zero-order chi connectivity index (χ0) is 18.1. The van der Waals surface area contributed by atoms with Gasteiger partial charge in [-0.05, 0) is 42.8 Å². The number of nitrogens with zero attached hydrogens (tertiary/aromatic N) is 3. The van der Waals surface area contributed by atoms with Crippen molar-refractivity contribution >= 4 is 11.7 Å². The number of hydrogen-bond donors (Lipinski definition) is 1. The molecule has 0 heterocycles. The molecule has 0 saturated heterocycles. The number of carboxylic acid groups (broad SMARTS) is 1. The third-order valence-electron chi connectivity index (χ3n) is 3.31. The molecule has 0 bridgehead atoms. The number of rotatable bonds is 8. The highest BCUT2D eigenvalue weighted by molar-refractivity contribution is 5.85. The van der Waals surface area contributed by atoms with Crippen LogP contribution in [-0.2, 0) is 4.79 Å².